The fourth-order valence-electron chi connectivity index (χ4n) is 1.76. The van der Waals surface area contributed by atoms with Gasteiger partial charge in [-0.2, -0.15) is 0 Å². The van der Waals surface area contributed by atoms with Crippen molar-refractivity contribution < 1.29 is 13.9 Å². The molecule has 0 aliphatic carbocycles. The zero-order valence-electron chi connectivity index (χ0n) is 11.6. The Morgan fingerprint density at radius 1 is 1.23 bits per heavy atom. The van der Waals surface area contributed by atoms with E-state index in [9.17, 15) is 4.79 Å². The zero-order valence-corrected chi connectivity index (χ0v) is 13.1. The minimum Gasteiger partial charge on any atom is -0.451 e. The van der Waals surface area contributed by atoms with Gasteiger partial charge in [0.05, 0.1) is 0 Å². The first kappa shape index (κ1) is 14.7. The highest BCUT2D eigenvalue weighted by Crippen LogP contribution is 2.21. The number of halogens is 1. The Morgan fingerprint density at radius 2 is 2.00 bits per heavy atom. The van der Waals surface area contributed by atoms with E-state index >= 15 is 0 Å². The molecule has 0 atom stereocenters. The molecule has 0 spiro atoms. The highest BCUT2D eigenvalue weighted by Gasteiger charge is 2.13. The number of nitrogens with zero attached hydrogens (tertiary/aromatic N) is 2. The molecule has 0 fully saturated rings. The van der Waals surface area contributed by atoms with Crippen molar-refractivity contribution in [2.45, 2.75) is 13.5 Å². The molecule has 5 nitrogen and oxygen atoms in total. The second-order valence-electron chi connectivity index (χ2n) is 4.49. The highest BCUT2D eigenvalue weighted by atomic mass is 35.5. The summed E-state index contributed by atoms with van der Waals surface area (Å²) in [4.78, 5) is 13.4. The molecule has 7 heteroatoms. The quantitative estimate of drug-likeness (QED) is 0.671. The number of carbonyl (C=O) groups excluding carboxylic acids is 1. The normalized spacial score (nSPS) is 10.6. The van der Waals surface area contributed by atoms with Crippen LogP contribution in [0.1, 0.15) is 20.4 Å². The van der Waals surface area contributed by atoms with E-state index in [1.807, 2.05) is 13.0 Å². The first-order chi connectivity index (χ1) is 10.6. The largest absolute Gasteiger partial charge is 0.451 e. The second-order valence-corrected chi connectivity index (χ2v) is 6.22. The zero-order chi connectivity index (χ0) is 15.5. The van der Waals surface area contributed by atoms with Crippen LogP contribution in [0.25, 0.3) is 11.5 Å². The molecule has 0 saturated heterocycles. The molecule has 0 radical (unpaired) electrons. The summed E-state index contributed by atoms with van der Waals surface area (Å²) in [5.74, 6) is 0.200. The van der Waals surface area contributed by atoms with E-state index in [-0.39, 0.29) is 12.5 Å². The second kappa shape index (κ2) is 6.29. The van der Waals surface area contributed by atoms with Crippen LogP contribution >= 0.6 is 22.9 Å². The fraction of sp³-hybridized carbons (Fsp3) is 0.133. The third kappa shape index (κ3) is 3.35. The smallest absolute Gasteiger partial charge is 0.348 e. The van der Waals surface area contributed by atoms with Crippen molar-refractivity contribution in [2.75, 3.05) is 0 Å². The van der Waals surface area contributed by atoms with Crippen LogP contribution in [0.4, 0.5) is 0 Å². The maximum atomic E-state index is 11.8. The lowest BCUT2D eigenvalue weighted by Gasteiger charge is -1.99. The Morgan fingerprint density at radius 3 is 2.68 bits per heavy atom. The van der Waals surface area contributed by atoms with Gasteiger partial charge < -0.3 is 9.15 Å². The van der Waals surface area contributed by atoms with Crippen molar-refractivity contribution >= 4 is 28.9 Å². The molecule has 3 rings (SSSR count). The van der Waals surface area contributed by atoms with Crippen molar-refractivity contribution in [3.8, 4) is 11.5 Å². The Kier molecular flexibility index (Phi) is 4.22. The molecule has 0 unspecified atom stereocenters. The van der Waals surface area contributed by atoms with Gasteiger partial charge in [-0.1, -0.05) is 11.6 Å². The molecule has 0 aliphatic heterocycles. The lowest BCUT2D eigenvalue weighted by Crippen LogP contribution is -2.03. The van der Waals surface area contributed by atoms with Crippen molar-refractivity contribution in [2.24, 2.45) is 0 Å². The van der Waals surface area contributed by atoms with E-state index in [1.165, 1.54) is 11.3 Å². The van der Waals surface area contributed by atoms with E-state index in [4.69, 9.17) is 20.8 Å². The topological polar surface area (TPSA) is 65.2 Å². The third-order valence-corrected chi connectivity index (χ3v) is 4.06. The van der Waals surface area contributed by atoms with Crippen LogP contribution in [0.2, 0.25) is 5.02 Å². The highest BCUT2D eigenvalue weighted by molar-refractivity contribution is 7.13. The number of ether oxygens (including phenoxy) is 1. The van der Waals surface area contributed by atoms with Crippen molar-refractivity contribution in [1.29, 1.82) is 0 Å². The molecule has 0 amide bonds. The number of carbonyl (C=O) groups is 1. The summed E-state index contributed by atoms with van der Waals surface area (Å²) in [6.45, 7) is 1.87. The number of aromatic nitrogens is 2. The number of benzene rings is 1. The average Bonchev–Trinajstić information content (AvgIpc) is 3.15. The van der Waals surface area contributed by atoms with Crippen LogP contribution in [0, 0.1) is 6.92 Å². The van der Waals surface area contributed by atoms with Crippen molar-refractivity contribution in [3.05, 3.63) is 57.1 Å². The number of hydrogen-bond acceptors (Lipinski definition) is 6. The Labute approximate surface area is 135 Å². The van der Waals surface area contributed by atoms with Crippen LogP contribution in [-0.2, 0) is 11.3 Å². The Bertz CT molecular complexity index is 795. The molecule has 0 saturated carbocycles. The van der Waals surface area contributed by atoms with E-state index in [0.29, 0.717) is 15.8 Å². The lowest BCUT2D eigenvalue weighted by molar-refractivity contribution is 0.0444. The number of thiophene rings is 1. The number of aryl methyl sites for hydroxylation is 1. The van der Waals surface area contributed by atoms with E-state index in [2.05, 4.69) is 10.2 Å². The number of rotatable bonds is 4. The van der Waals surface area contributed by atoms with Gasteiger partial charge in [-0.3, -0.25) is 0 Å². The van der Waals surface area contributed by atoms with Crippen molar-refractivity contribution in [1.82, 2.24) is 10.2 Å². The van der Waals surface area contributed by atoms with E-state index in [0.717, 1.165) is 10.4 Å². The summed E-state index contributed by atoms with van der Waals surface area (Å²) in [5.41, 5.74) is 0.753. The molecule has 0 N–H and O–H groups in total. The molecule has 22 heavy (non-hydrogen) atoms. The van der Waals surface area contributed by atoms with Gasteiger partial charge in [0.1, 0.15) is 4.88 Å². The molecule has 1 aromatic carbocycles. The van der Waals surface area contributed by atoms with Crippen molar-refractivity contribution in [3.63, 3.8) is 0 Å². The maximum Gasteiger partial charge on any atom is 0.348 e. The first-order valence-electron chi connectivity index (χ1n) is 6.44. The summed E-state index contributed by atoms with van der Waals surface area (Å²) in [6, 6.07) is 10.6. The van der Waals surface area contributed by atoms with Gasteiger partial charge in [0.15, 0.2) is 6.61 Å². The SMILES string of the molecule is Cc1ccc(C(=O)OCc2nnc(-c3ccc(Cl)cc3)o2)s1. The summed E-state index contributed by atoms with van der Waals surface area (Å²) < 4.78 is 10.6. The summed E-state index contributed by atoms with van der Waals surface area (Å²) >= 11 is 7.21. The molecule has 0 bridgehead atoms. The third-order valence-electron chi connectivity index (χ3n) is 2.83. The molecule has 3 aromatic rings. The molecule has 0 aliphatic rings. The van der Waals surface area contributed by atoms with Crippen LogP contribution in [-0.4, -0.2) is 16.2 Å². The Hall–Kier alpha value is -2.18. The number of esters is 1. The fourth-order valence-corrected chi connectivity index (χ4v) is 2.65. The van der Waals surface area contributed by atoms with Gasteiger partial charge in [-0.25, -0.2) is 4.79 Å². The molecule has 2 heterocycles. The first-order valence-corrected chi connectivity index (χ1v) is 7.63. The molecule has 2 aromatic heterocycles. The van der Waals surface area contributed by atoms with E-state index in [1.54, 1.807) is 30.3 Å². The van der Waals surface area contributed by atoms with Gasteiger partial charge in [0.25, 0.3) is 5.89 Å². The van der Waals surface area contributed by atoms with Gasteiger partial charge in [-0.15, -0.1) is 21.5 Å². The predicted octanol–water partition coefficient (Wildman–Crippen LogP) is 4.12. The standard InChI is InChI=1S/C15H11ClN2O3S/c1-9-2-7-12(22-9)15(19)20-8-13-17-18-14(21-13)10-3-5-11(16)6-4-10/h2-7H,8H2,1H3. The van der Waals surface area contributed by atoms with E-state index < -0.39 is 5.97 Å². The molecule has 112 valence electrons. The van der Waals surface area contributed by atoms with Crippen LogP contribution in [0.3, 0.4) is 0 Å². The maximum absolute atomic E-state index is 11.8. The van der Waals surface area contributed by atoms with Gasteiger partial charge in [-0.05, 0) is 43.3 Å². The van der Waals surface area contributed by atoms with Gasteiger partial charge >= 0.3 is 5.97 Å². The summed E-state index contributed by atoms with van der Waals surface area (Å²) in [7, 11) is 0. The molecular weight excluding hydrogens is 324 g/mol. The summed E-state index contributed by atoms with van der Waals surface area (Å²) in [6.07, 6.45) is 0. The minimum absolute atomic E-state index is 0.0592. The van der Waals surface area contributed by atoms with Crippen LogP contribution < -0.4 is 0 Å². The lowest BCUT2D eigenvalue weighted by atomic mass is 10.2. The number of hydrogen-bond donors (Lipinski definition) is 0. The average molecular weight is 335 g/mol. The minimum atomic E-state index is -0.399. The van der Waals surface area contributed by atoms with Crippen LogP contribution in [0.5, 0.6) is 0 Å². The predicted molar refractivity (Wildman–Crippen MR) is 82.9 cm³/mol. The Balaban J connectivity index is 1.64. The van der Waals surface area contributed by atoms with Crippen LogP contribution in [0.15, 0.2) is 40.8 Å². The summed E-state index contributed by atoms with van der Waals surface area (Å²) in [5, 5.41) is 8.41. The van der Waals surface area contributed by atoms with Gasteiger partial charge in [0, 0.05) is 15.5 Å². The van der Waals surface area contributed by atoms with Gasteiger partial charge in [0.2, 0.25) is 5.89 Å². The monoisotopic (exact) mass is 334 g/mol. The molecular formula is C15H11ClN2O3S.